The maximum Gasteiger partial charge on any atom is 0.255 e. The van der Waals surface area contributed by atoms with Gasteiger partial charge in [0.25, 0.3) is 5.91 Å². The van der Waals surface area contributed by atoms with Gasteiger partial charge < -0.3 is 19.5 Å². The molecule has 7 nitrogen and oxygen atoms in total. The fourth-order valence-corrected chi connectivity index (χ4v) is 3.63. The first-order valence-corrected chi connectivity index (χ1v) is 8.44. The molecular formula is C17H23Cl2N5O2. The zero-order valence-corrected chi connectivity index (χ0v) is 16.0. The van der Waals surface area contributed by atoms with Crippen LogP contribution in [0.15, 0.2) is 30.7 Å². The van der Waals surface area contributed by atoms with E-state index >= 15 is 0 Å². The second-order valence-electron chi connectivity index (χ2n) is 6.42. The zero-order chi connectivity index (χ0) is 16.5. The van der Waals surface area contributed by atoms with Crippen LogP contribution < -0.4 is 5.32 Å². The number of amides is 2. The molecule has 2 saturated heterocycles. The number of halogens is 2. The first-order valence-electron chi connectivity index (χ1n) is 8.44. The lowest BCUT2D eigenvalue weighted by molar-refractivity contribution is -0.135. The molecule has 4 rings (SSSR count). The molecule has 4 heterocycles. The number of imidazole rings is 1. The van der Waals surface area contributed by atoms with Crippen LogP contribution in [0.4, 0.5) is 0 Å². The summed E-state index contributed by atoms with van der Waals surface area (Å²) in [6.07, 6.45) is 7.28. The van der Waals surface area contributed by atoms with Gasteiger partial charge in [-0.1, -0.05) is 0 Å². The number of piperidine rings is 1. The number of rotatable bonds is 2. The zero-order valence-electron chi connectivity index (χ0n) is 14.3. The molecule has 1 atom stereocenters. The van der Waals surface area contributed by atoms with E-state index in [1.165, 1.54) is 0 Å². The Balaban J connectivity index is 0.00000121. The second-order valence-corrected chi connectivity index (χ2v) is 6.42. The maximum atomic E-state index is 12.9. The molecule has 0 radical (unpaired) electrons. The first-order chi connectivity index (χ1) is 11.7. The number of nitrogens with one attached hydrogen (secondary N) is 1. The van der Waals surface area contributed by atoms with Gasteiger partial charge in [0.05, 0.1) is 12.1 Å². The quantitative estimate of drug-likeness (QED) is 0.823. The average Bonchev–Trinajstić information content (AvgIpc) is 3.09. The van der Waals surface area contributed by atoms with Crippen LogP contribution in [0.5, 0.6) is 0 Å². The highest BCUT2D eigenvalue weighted by molar-refractivity contribution is 5.94. The van der Waals surface area contributed by atoms with Crippen molar-refractivity contribution in [2.75, 3.05) is 32.7 Å². The molecule has 2 fully saturated rings. The molecule has 2 aromatic heterocycles. The van der Waals surface area contributed by atoms with Gasteiger partial charge in [-0.25, -0.2) is 4.98 Å². The van der Waals surface area contributed by atoms with E-state index in [9.17, 15) is 9.59 Å². The summed E-state index contributed by atoms with van der Waals surface area (Å²) in [5.41, 5.74) is 1.49. The molecule has 2 amide bonds. The summed E-state index contributed by atoms with van der Waals surface area (Å²) in [6.45, 7) is 3.33. The molecule has 0 bridgehead atoms. The molecule has 0 aromatic carbocycles. The van der Waals surface area contributed by atoms with Crippen LogP contribution in [-0.2, 0) is 4.79 Å². The normalized spacial score (nSPS) is 20.5. The summed E-state index contributed by atoms with van der Waals surface area (Å²) < 4.78 is 1.86. The van der Waals surface area contributed by atoms with Crippen LogP contribution in [0.25, 0.3) is 5.65 Å². The Bertz CT molecular complexity index is 781. The Morgan fingerprint density at radius 3 is 2.88 bits per heavy atom. The van der Waals surface area contributed by atoms with Crippen molar-refractivity contribution in [2.24, 2.45) is 0 Å². The van der Waals surface area contributed by atoms with Gasteiger partial charge in [0.1, 0.15) is 5.65 Å². The molecule has 2 aliphatic rings. The lowest BCUT2D eigenvalue weighted by atomic mass is 10.0. The summed E-state index contributed by atoms with van der Waals surface area (Å²) >= 11 is 0. The van der Waals surface area contributed by atoms with Crippen molar-refractivity contribution < 1.29 is 9.59 Å². The van der Waals surface area contributed by atoms with E-state index in [4.69, 9.17) is 0 Å². The highest BCUT2D eigenvalue weighted by Crippen LogP contribution is 2.19. The van der Waals surface area contributed by atoms with Gasteiger partial charge in [0.15, 0.2) is 0 Å². The van der Waals surface area contributed by atoms with Gasteiger partial charge >= 0.3 is 0 Å². The van der Waals surface area contributed by atoms with Crippen molar-refractivity contribution in [3.8, 4) is 0 Å². The van der Waals surface area contributed by atoms with Crippen molar-refractivity contribution in [1.82, 2.24) is 24.5 Å². The molecular weight excluding hydrogens is 377 g/mol. The molecule has 142 valence electrons. The molecule has 2 aliphatic heterocycles. The number of fused-ring (bicyclic) bond motifs is 1. The number of carbonyl (C=O) groups excluding carboxylic acids is 2. The monoisotopic (exact) mass is 399 g/mol. The van der Waals surface area contributed by atoms with Crippen molar-refractivity contribution in [3.05, 3.63) is 36.3 Å². The van der Waals surface area contributed by atoms with Gasteiger partial charge in [-0.2, -0.15) is 0 Å². The van der Waals surface area contributed by atoms with Crippen molar-refractivity contribution >= 4 is 42.3 Å². The fourth-order valence-electron chi connectivity index (χ4n) is 3.63. The van der Waals surface area contributed by atoms with Crippen LogP contribution in [0.2, 0.25) is 0 Å². The van der Waals surface area contributed by atoms with E-state index in [0.29, 0.717) is 18.7 Å². The molecule has 1 N–H and O–H groups in total. The third-order valence-electron chi connectivity index (χ3n) is 4.89. The largest absolute Gasteiger partial charge is 0.337 e. The number of nitrogens with zero attached hydrogens (tertiary/aromatic N) is 4. The second kappa shape index (κ2) is 8.70. The minimum atomic E-state index is 0. The third kappa shape index (κ3) is 3.95. The third-order valence-corrected chi connectivity index (χ3v) is 4.89. The number of aromatic nitrogens is 2. The predicted octanol–water partition coefficient (Wildman–Crippen LogP) is 1.21. The topological polar surface area (TPSA) is 70.0 Å². The molecule has 26 heavy (non-hydrogen) atoms. The summed E-state index contributed by atoms with van der Waals surface area (Å²) in [5.74, 6) is 0.165. The Morgan fingerprint density at radius 2 is 2.08 bits per heavy atom. The van der Waals surface area contributed by atoms with Gasteiger partial charge in [0, 0.05) is 50.8 Å². The first kappa shape index (κ1) is 20.5. The van der Waals surface area contributed by atoms with Gasteiger partial charge in [0.2, 0.25) is 5.91 Å². The number of likely N-dealkylation sites (tertiary alicyclic amines) is 1. The van der Waals surface area contributed by atoms with Gasteiger partial charge in [-0.15, -0.1) is 24.8 Å². The van der Waals surface area contributed by atoms with Crippen molar-refractivity contribution in [1.29, 1.82) is 0 Å². The van der Waals surface area contributed by atoms with Crippen LogP contribution in [0.1, 0.15) is 23.2 Å². The fraction of sp³-hybridized carbons (Fsp3) is 0.471. The van der Waals surface area contributed by atoms with E-state index in [1.54, 1.807) is 6.20 Å². The Kier molecular flexibility index (Phi) is 6.86. The maximum absolute atomic E-state index is 12.9. The van der Waals surface area contributed by atoms with Crippen LogP contribution in [0.3, 0.4) is 0 Å². The Morgan fingerprint density at radius 1 is 1.23 bits per heavy atom. The highest BCUT2D eigenvalue weighted by atomic mass is 35.5. The van der Waals surface area contributed by atoms with Gasteiger partial charge in [-0.3, -0.25) is 9.59 Å². The minimum absolute atomic E-state index is 0. The molecule has 0 aliphatic carbocycles. The minimum Gasteiger partial charge on any atom is -0.337 e. The number of carbonyl (C=O) groups is 2. The number of pyridine rings is 1. The van der Waals surface area contributed by atoms with Crippen LogP contribution in [0, 0.1) is 0 Å². The smallest absolute Gasteiger partial charge is 0.255 e. The van der Waals surface area contributed by atoms with E-state index in [-0.39, 0.29) is 42.7 Å². The Hall–Kier alpha value is -1.83. The van der Waals surface area contributed by atoms with E-state index in [2.05, 4.69) is 10.3 Å². The predicted molar refractivity (Wildman–Crippen MR) is 103 cm³/mol. The number of piperazine rings is 1. The van der Waals surface area contributed by atoms with Crippen molar-refractivity contribution in [2.45, 2.75) is 18.9 Å². The summed E-state index contributed by atoms with van der Waals surface area (Å²) in [4.78, 5) is 33.0. The van der Waals surface area contributed by atoms with E-state index < -0.39 is 0 Å². The molecule has 9 heteroatoms. The summed E-state index contributed by atoms with van der Waals surface area (Å²) in [5, 5.41) is 3.10. The highest BCUT2D eigenvalue weighted by Gasteiger charge is 2.31. The number of hydrogen-bond acceptors (Lipinski definition) is 4. The lowest BCUT2D eigenvalue weighted by Gasteiger charge is -2.41. The van der Waals surface area contributed by atoms with E-state index in [0.717, 1.165) is 38.1 Å². The van der Waals surface area contributed by atoms with Crippen molar-refractivity contribution in [3.63, 3.8) is 0 Å². The molecule has 0 spiro atoms. The van der Waals surface area contributed by atoms with Crippen LogP contribution >= 0.6 is 24.8 Å². The lowest BCUT2D eigenvalue weighted by Crippen LogP contribution is -2.57. The summed E-state index contributed by atoms with van der Waals surface area (Å²) in [7, 11) is 0. The SMILES string of the molecule is Cl.Cl.O=C(c1ccc2nccn2c1)N1CCCC(N2CCNCC2=O)C1. The summed E-state index contributed by atoms with van der Waals surface area (Å²) in [6, 6.07) is 3.81. The average molecular weight is 400 g/mol. The molecule has 1 unspecified atom stereocenters. The van der Waals surface area contributed by atoms with E-state index in [1.807, 2.05) is 38.7 Å². The molecule has 0 saturated carbocycles. The number of hydrogen-bond donors (Lipinski definition) is 1. The van der Waals surface area contributed by atoms with Crippen LogP contribution in [-0.4, -0.2) is 69.8 Å². The van der Waals surface area contributed by atoms with Gasteiger partial charge in [-0.05, 0) is 25.0 Å². The standard InChI is InChI=1S/C17H21N5O2.2ClH/c23-16-10-18-5-9-22(16)14-2-1-7-21(12-14)17(24)13-3-4-15-19-6-8-20(15)11-13;;/h3-4,6,8,11,14,18H,1-2,5,7,9-10,12H2;2*1H. The molecule has 2 aromatic rings. The Labute approximate surface area is 164 Å².